The van der Waals surface area contributed by atoms with Crippen LogP contribution >= 0.6 is 11.3 Å². The monoisotopic (exact) mass is 447 g/mol. The van der Waals surface area contributed by atoms with Gasteiger partial charge in [0.15, 0.2) is 5.13 Å². The number of nitrogens with one attached hydrogen (secondary N) is 1. The van der Waals surface area contributed by atoms with Crippen molar-refractivity contribution in [1.82, 2.24) is 4.98 Å². The summed E-state index contributed by atoms with van der Waals surface area (Å²) in [5.41, 5.74) is 2.41. The van der Waals surface area contributed by atoms with E-state index in [1.54, 1.807) is 6.08 Å². The molecule has 0 atom stereocenters. The van der Waals surface area contributed by atoms with Crippen LogP contribution in [0.15, 0.2) is 59.5 Å². The van der Waals surface area contributed by atoms with Crippen LogP contribution in [-0.2, 0) is 4.79 Å². The number of carbonyl (C=O) groups excluding carboxylic acids is 1. The number of amides is 1. The summed E-state index contributed by atoms with van der Waals surface area (Å²) in [6.45, 7) is 5.32. The van der Waals surface area contributed by atoms with Crippen molar-refractivity contribution < 1.29 is 14.3 Å². The summed E-state index contributed by atoms with van der Waals surface area (Å²) in [5, 5.41) is 14.5. The van der Waals surface area contributed by atoms with Crippen molar-refractivity contribution in [2.24, 2.45) is 0 Å². The van der Waals surface area contributed by atoms with Crippen LogP contribution in [-0.4, -0.2) is 24.1 Å². The standard InChI is InChI=1S/C25H25N3O3S/c1-3-5-14-31-22-10-6-18(7-11-22)15-20(16-26)24(29)28-25-27-23(17-32-25)19-8-12-21(13-9-19)30-4-2/h6-13,15,17H,3-5,14H2,1-2H3,(H,27,28,29)/b20-15+. The highest BCUT2D eigenvalue weighted by atomic mass is 32.1. The van der Waals surface area contributed by atoms with Crippen molar-refractivity contribution >= 4 is 28.5 Å². The smallest absolute Gasteiger partial charge is 0.268 e. The van der Waals surface area contributed by atoms with Gasteiger partial charge in [-0.05, 0) is 61.4 Å². The number of hydrogen-bond acceptors (Lipinski definition) is 6. The first-order chi connectivity index (χ1) is 15.6. The number of thiazole rings is 1. The van der Waals surface area contributed by atoms with Crippen molar-refractivity contribution in [2.45, 2.75) is 26.7 Å². The Bertz CT molecular complexity index is 1100. The zero-order valence-corrected chi connectivity index (χ0v) is 18.9. The fourth-order valence-electron chi connectivity index (χ4n) is 2.83. The summed E-state index contributed by atoms with van der Waals surface area (Å²) >= 11 is 1.31. The molecule has 3 rings (SSSR count). The normalized spacial score (nSPS) is 11.0. The molecule has 0 aliphatic heterocycles. The molecule has 1 aromatic heterocycles. The van der Waals surface area contributed by atoms with Gasteiger partial charge in [0.1, 0.15) is 23.1 Å². The molecule has 0 fully saturated rings. The highest BCUT2D eigenvalue weighted by Crippen LogP contribution is 2.27. The Morgan fingerprint density at radius 2 is 1.78 bits per heavy atom. The van der Waals surface area contributed by atoms with E-state index in [0.29, 0.717) is 18.3 Å². The number of anilines is 1. The van der Waals surface area contributed by atoms with Crippen molar-refractivity contribution in [1.29, 1.82) is 5.26 Å². The molecule has 0 radical (unpaired) electrons. The van der Waals surface area contributed by atoms with Crippen LogP contribution < -0.4 is 14.8 Å². The second-order valence-corrected chi connectivity index (χ2v) is 7.75. The number of ether oxygens (including phenoxy) is 2. The largest absolute Gasteiger partial charge is 0.494 e. The molecule has 0 bridgehead atoms. The zero-order chi connectivity index (χ0) is 22.8. The third kappa shape index (κ3) is 6.43. The van der Waals surface area contributed by atoms with E-state index in [1.807, 2.05) is 66.9 Å². The van der Waals surface area contributed by atoms with Gasteiger partial charge in [-0.25, -0.2) is 4.98 Å². The Morgan fingerprint density at radius 1 is 1.09 bits per heavy atom. The molecule has 0 saturated carbocycles. The quantitative estimate of drug-likeness (QED) is 0.236. The molecule has 1 amide bonds. The van der Waals surface area contributed by atoms with Crippen LogP contribution in [0.1, 0.15) is 32.3 Å². The number of aromatic nitrogens is 1. The molecule has 0 aliphatic carbocycles. The minimum atomic E-state index is -0.497. The lowest BCUT2D eigenvalue weighted by Crippen LogP contribution is -2.13. The van der Waals surface area contributed by atoms with Crippen LogP contribution in [0.25, 0.3) is 17.3 Å². The summed E-state index contributed by atoms with van der Waals surface area (Å²) < 4.78 is 11.1. The average molecular weight is 448 g/mol. The van der Waals surface area contributed by atoms with E-state index in [4.69, 9.17) is 9.47 Å². The first kappa shape index (κ1) is 23.0. The van der Waals surface area contributed by atoms with Gasteiger partial charge in [0.25, 0.3) is 5.91 Å². The number of carbonyl (C=O) groups is 1. The van der Waals surface area contributed by atoms with Gasteiger partial charge in [0.05, 0.1) is 18.9 Å². The van der Waals surface area contributed by atoms with Gasteiger partial charge in [0.2, 0.25) is 0 Å². The van der Waals surface area contributed by atoms with Gasteiger partial charge >= 0.3 is 0 Å². The van der Waals surface area contributed by atoms with E-state index < -0.39 is 5.91 Å². The SMILES string of the molecule is CCCCOc1ccc(/C=C(\C#N)C(=O)Nc2nc(-c3ccc(OCC)cc3)cs2)cc1. The second kappa shape index (κ2) is 11.7. The molecule has 1 N–H and O–H groups in total. The van der Waals surface area contributed by atoms with Crippen LogP contribution in [0.5, 0.6) is 11.5 Å². The van der Waals surface area contributed by atoms with Gasteiger partial charge in [-0.2, -0.15) is 5.26 Å². The molecule has 0 spiro atoms. The third-order valence-corrected chi connectivity index (χ3v) is 5.27. The molecule has 6 nitrogen and oxygen atoms in total. The summed E-state index contributed by atoms with van der Waals surface area (Å²) in [5.74, 6) is 1.07. The van der Waals surface area contributed by atoms with E-state index in [1.165, 1.54) is 11.3 Å². The number of nitriles is 1. The van der Waals surface area contributed by atoms with E-state index in [9.17, 15) is 10.1 Å². The molecule has 3 aromatic rings. The Labute approximate surface area is 192 Å². The predicted molar refractivity (Wildman–Crippen MR) is 128 cm³/mol. The maximum absolute atomic E-state index is 12.6. The van der Waals surface area contributed by atoms with E-state index in [-0.39, 0.29) is 5.57 Å². The van der Waals surface area contributed by atoms with E-state index >= 15 is 0 Å². The first-order valence-corrected chi connectivity index (χ1v) is 11.4. The lowest BCUT2D eigenvalue weighted by Gasteiger charge is -2.05. The average Bonchev–Trinajstić information content (AvgIpc) is 3.27. The Balaban J connectivity index is 1.64. The second-order valence-electron chi connectivity index (χ2n) is 6.89. The van der Waals surface area contributed by atoms with Crippen molar-refractivity contribution in [3.05, 3.63) is 65.0 Å². The van der Waals surface area contributed by atoms with Crippen LogP contribution in [0.4, 0.5) is 5.13 Å². The molecular formula is C25H25N3O3S. The van der Waals surface area contributed by atoms with Gasteiger partial charge in [-0.1, -0.05) is 25.5 Å². The minimum Gasteiger partial charge on any atom is -0.494 e. The molecule has 32 heavy (non-hydrogen) atoms. The van der Waals surface area contributed by atoms with Crippen LogP contribution in [0.3, 0.4) is 0 Å². The lowest BCUT2D eigenvalue weighted by molar-refractivity contribution is -0.112. The first-order valence-electron chi connectivity index (χ1n) is 10.5. The van der Waals surface area contributed by atoms with Crippen LogP contribution in [0, 0.1) is 11.3 Å². The Kier molecular flexibility index (Phi) is 8.41. The van der Waals surface area contributed by atoms with Crippen molar-refractivity contribution in [2.75, 3.05) is 18.5 Å². The molecule has 0 unspecified atom stereocenters. The molecule has 7 heteroatoms. The highest BCUT2D eigenvalue weighted by molar-refractivity contribution is 7.14. The number of hydrogen-bond donors (Lipinski definition) is 1. The fourth-order valence-corrected chi connectivity index (χ4v) is 3.54. The predicted octanol–water partition coefficient (Wildman–Crippen LogP) is 5.93. The number of benzene rings is 2. The Hall–Kier alpha value is -3.63. The molecule has 0 saturated heterocycles. The number of unbranched alkanes of at least 4 members (excludes halogenated alkanes) is 1. The number of rotatable bonds is 10. The third-order valence-electron chi connectivity index (χ3n) is 4.51. The molecule has 2 aromatic carbocycles. The highest BCUT2D eigenvalue weighted by Gasteiger charge is 2.13. The lowest BCUT2D eigenvalue weighted by atomic mass is 10.1. The van der Waals surface area contributed by atoms with Gasteiger partial charge in [0, 0.05) is 10.9 Å². The molecular weight excluding hydrogens is 422 g/mol. The van der Waals surface area contributed by atoms with Gasteiger partial charge in [-0.3, -0.25) is 10.1 Å². The summed E-state index contributed by atoms with van der Waals surface area (Å²) in [6.07, 6.45) is 3.62. The maximum atomic E-state index is 12.6. The Morgan fingerprint density at radius 3 is 2.44 bits per heavy atom. The molecule has 1 heterocycles. The van der Waals surface area contributed by atoms with Crippen molar-refractivity contribution in [3.63, 3.8) is 0 Å². The van der Waals surface area contributed by atoms with Gasteiger partial charge in [-0.15, -0.1) is 11.3 Å². The molecule has 164 valence electrons. The van der Waals surface area contributed by atoms with Crippen molar-refractivity contribution in [3.8, 4) is 28.8 Å². The summed E-state index contributed by atoms with van der Waals surface area (Å²) in [7, 11) is 0. The molecule has 0 aliphatic rings. The fraction of sp³-hybridized carbons (Fsp3) is 0.240. The van der Waals surface area contributed by atoms with Crippen LogP contribution in [0.2, 0.25) is 0 Å². The van der Waals surface area contributed by atoms with E-state index in [2.05, 4.69) is 17.2 Å². The number of nitrogens with zero attached hydrogens (tertiary/aromatic N) is 2. The topological polar surface area (TPSA) is 84.2 Å². The maximum Gasteiger partial charge on any atom is 0.268 e. The van der Waals surface area contributed by atoms with Gasteiger partial charge < -0.3 is 9.47 Å². The zero-order valence-electron chi connectivity index (χ0n) is 18.1. The minimum absolute atomic E-state index is 0.00229. The summed E-state index contributed by atoms with van der Waals surface area (Å²) in [4.78, 5) is 17.0. The van der Waals surface area contributed by atoms with E-state index in [0.717, 1.165) is 41.2 Å². The summed E-state index contributed by atoms with van der Waals surface area (Å²) in [6, 6.07) is 16.9.